The van der Waals surface area contributed by atoms with E-state index >= 15 is 0 Å². The van der Waals surface area contributed by atoms with Crippen molar-refractivity contribution in [2.24, 2.45) is 0 Å². The van der Waals surface area contributed by atoms with E-state index in [4.69, 9.17) is 9.47 Å². The summed E-state index contributed by atoms with van der Waals surface area (Å²) in [5.41, 5.74) is 4.08. The smallest absolute Gasteiger partial charge is 0.316 e. The van der Waals surface area contributed by atoms with Crippen LogP contribution in [0.1, 0.15) is 35.6 Å². The van der Waals surface area contributed by atoms with Gasteiger partial charge in [-0.1, -0.05) is 0 Å². The van der Waals surface area contributed by atoms with Crippen molar-refractivity contribution in [1.29, 1.82) is 0 Å². The summed E-state index contributed by atoms with van der Waals surface area (Å²) in [6.07, 6.45) is 4.98. The topological polar surface area (TPSA) is 111 Å². The summed E-state index contributed by atoms with van der Waals surface area (Å²) in [6.45, 7) is 1.31. The first-order chi connectivity index (χ1) is 15.9. The first-order valence-corrected chi connectivity index (χ1v) is 11.1. The Balaban J connectivity index is 1.66. The third kappa shape index (κ3) is 4.85. The lowest BCUT2D eigenvalue weighted by molar-refractivity contribution is -0.384. The summed E-state index contributed by atoms with van der Waals surface area (Å²) in [7, 11) is 7.21. The van der Waals surface area contributed by atoms with Crippen LogP contribution in [0.5, 0.6) is 11.5 Å². The molecule has 1 aliphatic carbocycles. The molecule has 0 radical (unpaired) electrons. The van der Waals surface area contributed by atoms with Crippen LogP contribution in [0.2, 0.25) is 0 Å². The molecule has 0 saturated heterocycles. The second-order valence-electron chi connectivity index (χ2n) is 8.66. The van der Waals surface area contributed by atoms with E-state index in [-0.39, 0.29) is 16.5 Å². The molecule has 0 bridgehead atoms. The van der Waals surface area contributed by atoms with E-state index in [2.05, 4.69) is 15.3 Å². The van der Waals surface area contributed by atoms with Gasteiger partial charge in [-0.3, -0.25) is 19.9 Å². The molecular formula is C23H30N6O4. The van der Waals surface area contributed by atoms with Gasteiger partial charge in [0.1, 0.15) is 23.4 Å². The average Bonchev–Trinajstić information content (AvgIpc) is 3.34. The molecule has 0 fully saturated rings. The Bertz CT molecular complexity index is 1110. The van der Waals surface area contributed by atoms with Gasteiger partial charge in [-0.15, -0.1) is 0 Å². The van der Waals surface area contributed by atoms with E-state index in [0.717, 1.165) is 60.5 Å². The van der Waals surface area contributed by atoms with Crippen molar-refractivity contribution in [3.05, 3.63) is 51.3 Å². The monoisotopic (exact) mass is 454 g/mol. The first-order valence-electron chi connectivity index (χ1n) is 11.1. The molecule has 176 valence electrons. The van der Waals surface area contributed by atoms with Crippen molar-refractivity contribution in [2.45, 2.75) is 38.1 Å². The molecule has 4 rings (SSSR count). The summed E-state index contributed by atoms with van der Waals surface area (Å²) < 4.78 is 12.5. The summed E-state index contributed by atoms with van der Waals surface area (Å²) in [6, 6.07) is 5.96. The fourth-order valence-corrected chi connectivity index (χ4v) is 4.39. The van der Waals surface area contributed by atoms with Gasteiger partial charge in [-0.05, 0) is 63.4 Å². The SMILES string of the molecule is COc1cc(OC)cc([C@H]2CCCc3c(-c4nn(CCN(C)C)cc4[N+](=O)[O-])n[nH]c3C2)c1. The number of rotatable bonds is 8. The lowest BCUT2D eigenvalue weighted by Gasteiger charge is -2.17. The fourth-order valence-electron chi connectivity index (χ4n) is 4.39. The molecule has 2 heterocycles. The minimum absolute atomic E-state index is 0.0126. The Kier molecular flexibility index (Phi) is 6.64. The number of methoxy groups -OCH3 is 2. The number of fused-ring (bicyclic) bond motifs is 1. The predicted octanol–water partition coefficient (Wildman–Crippen LogP) is 3.42. The average molecular weight is 455 g/mol. The van der Waals surface area contributed by atoms with Crippen LogP contribution in [0.15, 0.2) is 24.4 Å². The highest BCUT2D eigenvalue weighted by Crippen LogP contribution is 2.38. The third-order valence-corrected chi connectivity index (χ3v) is 6.17. The number of aromatic nitrogens is 4. The third-order valence-electron chi connectivity index (χ3n) is 6.17. The predicted molar refractivity (Wildman–Crippen MR) is 124 cm³/mol. The van der Waals surface area contributed by atoms with Gasteiger partial charge in [-0.2, -0.15) is 10.2 Å². The van der Waals surface area contributed by atoms with E-state index in [1.54, 1.807) is 18.9 Å². The van der Waals surface area contributed by atoms with Gasteiger partial charge < -0.3 is 14.4 Å². The van der Waals surface area contributed by atoms with Crippen LogP contribution in [0.25, 0.3) is 11.4 Å². The number of aromatic amines is 1. The lowest BCUT2D eigenvalue weighted by atomic mass is 9.91. The molecule has 0 aliphatic heterocycles. The maximum atomic E-state index is 11.7. The second-order valence-corrected chi connectivity index (χ2v) is 8.66. The summed E-state index contributed by atoms with van der Waals surface area (Å²) >= 11 is 0. The second kappa shape index (κ2) is 9.62. The Labute approximate surface area is 192 Å². The van der Waals surface area contributed by atoms with Crippen LogP contribution < -0.4 is 9.47 Å². The minimum atomic E-state index is -0.377. The first kappa shape index (κ1) is 22.8. The highest BCUT2D eigenvalue weighted by molar-refractivity contribution is 5.69. The standard InChI is InChI=1S/C23H30N6O4/c1-27(2)8-9-28-14-21(29(30)31)23(26-28)22-19-7-5-6-15(12-20(19)24-25-22)16-10-17(32-3)13-18(11-16)33-4/h10-11,13-15H,5-9,12H2,1-4H3,(H,24,25)/t15-/m0/s1. The number of H-pyrrole nitrogens is 1. The normalized spacial score (nSPS) is 15.8. The fraction of sp³-hybridized carbons (Fsp3) is 0.478. The van der Waals surface area contributed by atoms with Crippen LogP contribution in [-0.4, -0.2) is 64.7 Å². The van der Waals surface area contributed by atoms with Gasteiger partial charge in [0.05, 0.1) is 25.7 Å². The Morgan fingerprint density at radius 3 is 2.58 bits per heavy atom. The zero-order valence-corrected chi connectivity index (χ0v) is 19.5. The Morgan fingerprint density at radius 1 is 1.21 bits per heavy atom. The molecule has 1 aromatic carbocycles. The number of likely N-dealkylation sites (N-methyl/N-ethyl adjacent to an activating group) is 1. The summed E-state index contributed by atoms with van der Waals surface area (Å²) in [5, 5.41) is 23.9. The van der Waals surface area contributed by atoms with Gasteiger partial charge in [0.25, 0.3) is 0 Å². The van der Waals surface area contributed by atoms with E-state index in [9.17, 15) is 10.1 Å². The Hall–Kier alpha value is -3.40. The number of nitrogens with zero attached hydrogens (tertiary/aromatic N) is 5. The molecule has 33 heavy (non-hydrogen) atoms. The number of hydrogen-bond donors (Lipinski definition) is 1. The van der Waals surface area contributed by atoms with Gasteiger partial charge in [0.2, 0.25) is 0 Å². The van der Waals surface area contributed by atoms with Crippen molar-refractivity contribution in [3.63, 3.8) is 0 Å². The van der Waals surface area contributed by atoms with Crippen molar-refractivity contribution in [1.82, 2.24) is 24.9 Å². The molecule has 10 heteroatoms. The number of hydrogen-bond acceptors (Lipinski definition) is 7. The van der Waals surface area contributed by atoms with Crippen LogP contribution in [-0.2, 0) is 19.4 Å². The van der Waals surface area contributed by atoms with E-state index in [1.807, 2.05) is 37.2 Å². The number of benzene rings is 1. The van der Waals surface area contributed by atoms with Crippen LogP contribution in [0, 0.1) is 10.1 Å². The molecule has 1 aliphatic rings. The number of ether oxygens (including phenoxy) is 2. The molecular weight excluding hydrogens is 424 g/mol. The molecule has 3 aromatic rings. The van der Waals surface area contributed by atoms with Gasteiger partial charge in [-0.25, -0.2) is 0 Å². The molecule has 1 atom stereocenters. The zero-order valence-electron chi connectivity index (χ0n) is 19.5. The van der Waals surface area contributed by atoms with Gasteiger partial charge in [0, 0.05) is 23.9 Å². The van der Waals surface area contributed by atoms with Crippen molar-refractivity contribution >= 4 is 5.69 Å². The van der Waals surface area contributed by atoms with E-state index < -0.39 is 0 Å². The van der Waals surface area contributed by atoms with Crippen molar-refractivity contribution in [2.75, 3.05) is 34.9 Å². The molecule has 0 spiro atoms. The quantitative estimate of drug-likeness (QED) is 0.315. The van der Waals surface area contributed by atoms with E-state index in [1.165, 1.54) is 6.20 Å². The van der Waals surface area contributed by atoms with Crippen molar-refractivity contribution < 1.29 is 14.4 Å². The summed E-state index contributed by atoms with van der Waals surface area (Å²) in [4.78, 5) is 13.4. The molecule has 2 aromatic heterocycles. The molecule has 0 unspecified atom stereocenters. The van der Waals surface area contributed by atoms with Crippen molar-refractivity contribution in [3.8, 4) is 22.9 Å². The molecule has 0 amide bonds. The maximum absolute atomic E-state index is 11.7. The molecule has 1 N–H and O–H groups in total. The molecule has 10 nitrogen and oxygen atoms in total. The Morgan fingerprint density at radius 2 is 1.94 bits per heavy atom. The van der Waals surface area contributed by atoms with Crippen LogP contribution >= 0.6 is 0 Å². The number of nitrogens with one attached hydrogen (secondary N) is 1. The van der Waals surface area contributed by atoms with Crippen LogP contribution in [0.4, 0.5) is 5.69 Å². The molecule has 0 saturated carbocycles. The zero-order chi connectivity index (χ0) is 23.5. The van der Waals surface area contributed by atoms with Gasteiger partial charge in [0.15, 0.2) is 5.69 Å². The maximum Gasteiger partial charge on any atom is 0.316 e. The lowest BCUT2D eigenvalue weighted by Crippen LogP contribution is -2.18. The number of nitro groups is 1. The van der Waals surface area contributed by atoms with E-state index in [0.29, 0.717) is 17.9 Å². The summed E-state index contributed by atoms with van der Waals surface area (Å²) in [5.74, 6) is 1.78. The highest BCUT2D eigenvalue weighted by Gasteiger charge is 2.29. The van der Waals surface area contributed by atoms with Crippen LogP contribution in [0.3, 0.4) is 0 Å². The largest absolute Gasteiger partial charge is 0.497 e. The highest BCUT2D eigenvalue weighted by atomic mass is 16.6. The minimum Gasteiger partial charge on any atom is -0.497 e. The van der Waals surface area contributed by atoms with Gasteiger partial charge >= 0.3 is 5.69 Å².